The standard InChI is InChI=1S/C14H17NO4.C2H6/c1-19-14(18)11-4-2-3-10(9-11)13(17)15-7-5-12(16)6-8-15;1-2/h2-4,9,12,16H,5-8H2,1H3;1-2H3. The van der Waals surface area contributed by atoms with Gasteiger partial charge < -0.3 is 14.7 Å². The van der Waals surface area contributed by atoms with E-state index >= 15 is 0 Å². The van der Waals surface area contributed by atoms with E-state index in [1.807, 2.05) is 13.8 Å². The van der Waals surface area contributed by atoms with Gasteiger partial charge in [-0.1, -0.05) is 19.9 Å². The number of carbonyl (C=O) groups excluding carboxylic acids is 2. The third-order valence-corrected chi connectivity index (χ3v) is 3.28. The maximum absolute atomic E-state index is 12.3. The highest BCUT2D eigenvalue weighted by Gasteiger charge is 2.22. The molecule has 1 fully saturated rings. The number of methoxy groups -OCH3 is 1. The molecule has 5 nitrogen and oxygen atoms in total. The van der Waals surface area contributed by atoms with Crippen molar-refractivity contribution >= 4 is 11.9 Å². The van der Waals surface area contributed by atoms with Gasteiger partial charge >= 0.3 is 5.97 Å². The Bertz CT molecular complexity index is 479. The van der Waals surface area contributed by atoms with Crippen LogP contribution in [0.25, 0.3) is 0 Å². The largest absolute Gasteiger partial charge is 0.465 e. The molecular weight excluding hydrogens is 270 g/mol. The third kappa shape index (κ3) is 4.56. The summed E-state index contributed by atoms with van der Waals surface area (Å²) in [5.74, 6) is -0.568. The summed E-state index contributed by atoms with van der Waals surface area (Å²) in [7, 11) is 1.31. The molecule has 1 aliphatic rings. The van der Waals surface area contributed by atoms with Crippen LogP contribution in [0.4, 0.5) is 0 Å². The zero-order valence-electron chi connectivity index (χ0n) is 12.8. The molecule has 0 atom stereocenters. The highest BCUT2D eigenvalue weighted by molar-refractivity contribution is 5.97. The number of ether oxygens (including phenoxy) is 1. The Balaban J connectivity index is 0.00000106. The van der Waals surface area contributed by atoms with Gasteiger partial charge in [-0.3, -0.25) is 4.79 Å². The van der Waals surface area contributed by atoms with Crippen molar-refractivity contribution in [1.82, 2.24) is 4.90 Å². The second kappa shape index (κ2) is 8.42. The van der Waals surface area contributed by atoms with E-state index in [1.54, 1.807) is 29.2 Å². The normalized spacial score (nSPS) is 15.0. The molecule has 1 aromatic rings. The van der Waals surface area contributed by atoms with Crippen molar-refractivity contribution in [2.24, 2.45) is 0 Å². The van der Waals surface area contributed by atoms with Gasteiger partial charge in [-0.05, 0) is 31.0 Å². The van der Waals surface area contributed by atoms with Crippen LogP contribution in [0.2, 0.25) is 0 Å². The number of hydrogen-bond donors (Lipinski definition) is 1. The lowest BCUT2D eigenvalue weighted by Gasteiger charge is -2.29. The van der Waals surface area contributed by atoms with E-state index in [0.717, 1.165) is 0 Å². The van der Waals surface area contributed by atoms with E-state index in [-0.39, 0.29) is 12.0 Å². The molecule has 0 saturated carbocycles. The highest BCUT2D eigenvalue weighted by atomic mass is 16.5. The molecule has 1 aromatic carbocycles. The quantitative estimate of drug-likeness (QED) is 0.848. The number of nitrogens with zero attached hydrogens (tertiary/aromatic N) is 1. The number of amides is 1. The Labute approximate surface area is 125 Å². The topological polar surface area (TPSA) is 66.8 Å². The zero-order valence-corrected chi connectivity index (χ0v) is 12.8. The van der Waals surface area contributed by atoms with Gasteiger partial charge in [-0.15, -0.1) is 0 Å². The lowest BCUT2D eigenvalue weighted by molar-refractivity contribution is 0.0546. The fourth-order valence-electron chi connectivity index (χ4n) is 2.15. The van der Waals surface area contributed by atoms with Crippen LogP contribution in [-0.2, 0) is 4.74 Å². The van der Waals surface area contributed by atoms with E-state index in [4.69, 9.17) is 0 Å². The predicted octanol–water partition coefficient (Wildman–Crippen LogP) is 2.10. The molecule has 0 aliphatic carbocycles. The number of piperidine rings is 1. The third-order valence-electron chi connectivity index (χ3n) is 3.28. The van der Waals surface area contributed by atoms with Crippen molar-refractivity contribution in [2.75, 3.05) is 20.2 Å². The molecule has 0 spiro atoms. The van der Waals surface area contributed by atoms with E-state index in [1.165, 1.54) is 7.11 Å². The van der Waals surface area contributed by atoms with Crippen molar-refractivity contribution in [3.05, 3.63) is 35.4 Å². The molecule has 1 amide bonds. The summed E-state index contributed by atoms with van der Waals surface area (Å²) in [5.41, 5.74) is 0.838. The molecular formula is C16H23NO4. The molecule has 2 rings (SSSR count). The van der Waals surface area contributed by atoms with Gasteiger partial charge in [-0.2, -0.15) is 0 Å². The average Bonchev–Trinajstić information content (AvgIpc) is 2.56. The summed E-state index contributed by atoms with van der Waals surface area (Å²) in [4.78, 5) is 25.4. The number of rotatable bonds is 2. The van der Waals surface area contributed by atoms with Crippen LogP contribution in [0.1, 0.15) is 47.4 Å². The zero-order chi connectivity index (χ0) is 15.8. The van der Waals surface area contributed by atoms with Gasteiger partial charge in [0.05, 0.1) is 18.8 Å². The van der Waals surface area contributed by atoms with Crippen molar-refractivity contribution < 1.29 is 19.4 Å². The maximum atomic E-state index is 12.3. The number of hydrogen-bond acceptors (Lipinski definition) is 4. The minimum atomic E-state index is -0.455. The molecule has 0 unspecified atom stereocenters. The number of aliphatic hydroxyl groups is 1. The van der Waals surface area contributed by atoms with Crippen molar-refractivity contribution in [3.8, 4) is 0 Å². The first-order valence-electron chi connectivity index (χ1n) is 7.27. The van der Waals surface area contributed by atoms with Crippen LogP contribution in [0.5, 0.6) is 0 Å². The fourth-order valence-corrected chi connectivity index (χ4v) is 2.15. The van der Waals surface area contributed by atoms with Gasteiger partial charge in [0.1, 0.15) is 0 Å². The summed E-state index contributed by atoms with van der Waals surface area (Å²) in [5, 5.41) is 9.43. The predicted molar refractivity (Wildman–Crippen MR) is 80.3 cm³/mol. The molecule has 0 radical (unpaired) electrons. The van der Waals surface area contributed by atoms with Crippen LogP contribution in [0, 0.1) is 0 Å². The Kier molecular flexibility index (Phi) is 6.88. The average molecular weight is 293 g/mol. The van der Waals surface area contributed by atoms with Gasteiger partial charge in [-0.25, -0.2) is 4.79 Å². The minimum absolute atomic E-state index is 0.113. The summed E-state index contributed by atoms with van der Waals surface area (Å²) >= 11 is 0. The van der Waals surface area contributed by atoms with Gasteiger partial charge in [0.15, 0.2) is 0 Å². The number of esters is 1. The van der Waals surface area contributed by atoms with E-state index in [9.17, 15) is 14.7 Å². The molecule has 0 aromatic heterocycles. The first-order chi connectivity index (χ1) is 10.1. The second-order valence-corrected chi connectivity index (χ2v) is 4.60. The van der Waals surface area contributed by atoms with Crippen LogP contribution >= 0.6 is 0 Å². The molecule has 21 heavy (non-hydrogen) atoms. The number of aliphatic hydroxyl groups excluding tert-OH is 1. The number of carbonyl (C=O) groups is 2. The summed E-state index contributed by atoms with van der Waals surface area (Å²) in [6, 6.07) is 6.50. The highest BCUT2D eigenvalue weighted by Crippen LogP contribution is 2.15. The van der Waals surface area contributed by atoms with Crippen LogP contribution in [0.15, 0.2) is 24.3 Å². The van der Waals surface area contributed by atoms with Crippen LogP contribution in [0.3, 0.4) is 0 Å². The van der Waals surface area contributed by atoms with Gasteiger partial charge in [0.2, 0.25) is 0 Å². The first-order valence-corrected chi connectivity index (χ1v) is 7.27. The van der Waals surface area contributed by atoms with E-state index < -0.39 is 5.97 Å². The number of benzene rings is 1. The van der Waals surface area contributed by atoms with Crippen LogP contribution in [-0.4, -0.2) is 48.2 Å². The lowest BCUT2D eigenvalue weighted by atomic mass is 10.1. The van der Waals surface area contributed by atoms with Crippen molar-refractivity contribution in [3.63, 3.8) is 0 Å². The summed E-state index contributed by atoms with van der Waals surface area (Å²) in [6.45, 7) is 5.09. The molecule has 5 heteroatoms. The SMILES string of the molecule is CC.COC(=O)c1cccc(C(=O)N2CCC(O)CC2)c1. The molecule has 1 aliphatic heterocycles. The molecule has 116 valence electrons. The first kappa shape index (κ1) is 17.2. The maximum Gasteiger partial charge on any atom is 0.337 e. The fraction of sp³-hybridized carbons (Fsp3) is 0.500. The summed E-state index contributed by atoms with van der Waals surface area (Å²) in [6.07, 6.45) is 0.885. The van der Waals surface area contributed by atoms with Crippen molar-refractivity contribution in [1.29, 1.82) is 0 Å². The van der Waals surface area contributed by atoms with Crippen molar-refractivity contribution in [2.45, 2.75) is 32.8 Å². The Morgan fingerprint density at radius 2 is 1.76 bits per heavy atom. The Morgan fingerprint density at radius 1 is 1.19 bits per heavy atom. The molecule has 1 heterocycles. The van der Waals surface area contributed by atoms with Gasteiger partial charge in [0.25, 0.3) is 5.91 Å². The van der Waals surface area contributed by atoms with E-state index in [2.05, 4.69) is 4.74 Å². The molecule has 1 N–H and O–H groups in total. The van der Waals surface area contributed by atoms with E-state index in [0.29, 0.717) is 37.1 Å². The minimum Gasteiger partial charge on any atom is -0.465 e. The Hall–Kier alpha value is -1.88. The molecule has 0 bridgehead atoms. The smallest absolute Gasteiger partial charge is 0.337 e. The molecule has 1 saturated heterocycles. The Morgan fingerprint density at radius 3 is 2.33 bits per heavy atom. The monoisotopic (exact) mass is 293 g/mol. The van der Waals surface area contributed by atoms with Crippen LogP contribution < -0.4 is 0 Å². The number of likely N-dealkylation sites (tertiary alicyclic amines) is 1. The van der Waals surface area contributed by atoms with Gasteiger partial charge in [0, 0.05) is 18.7 Å². The second-order valence-electron chi connectivity index (χ2n) is 4.60. The lowest BCUT2D eigenvalue weighted by Crippen LogP contribution is -2.40. The summed E-state index contributed by atoms with van der Waals surface area (Å²) < 4.78 is 4.63.